The number of nitrogens with one attached hydrogen (secondary N) is 1. The minimum absolute atomic E-state index is 0.509. The number of para-hydroxylation sites is 1. The molecular formula is C13H14BrN3O. The fourth-order valence-corrected chi connectivity index (χ4v) is 1.92. The summed E-state index contributed by atoms with van der Waals surface area (Å²) in [5.41, 5.74) is 1.06. The van der Waals surface area contributed by atoms with Gasteiger partial charge >= 0.3 is 0 Å². The molecule has 0 saturated carbocycles. The summed E-state index contributed by atoms with van der Waals surface area (Å²) < 4.78 is 6.52. The van der Waals surface area contributed by atoms with Gasteiger partial charge in [-0.2, -0.15) is 0 Å². The SMILES string of the molecule is CCNc1ncnc(Oc2ccccc2C)c1Br. The second kappa shape index (κ2) is 5.82. The van der Waals surface area contributed by atoms with E-state index in [1.165, 1.54) is 6.33 Å². The van der Waals surface area contributed by atoms with Crippen LogP contribution in [0.3, 0.4) is 0 Å². The number of aromatic nitrogens is 2. The molecule has 1 aromatic heterocycles. The van der Waals surface area contributed by atoms with Crippen molar-refractivity contribution in [3.8, 4) is 11.6 Å². The van der Waals surface area contributed by atoms with E-state index in [0.717, 1.165) is 28.1 Å². The number of hydrogen-bond acceptors (Lipinski definition) is 4. The van der Waals surface area contributed by atoms with Crippen molar-refractivity contribution in [1.82, 2.24) is 9.97 Å². The quantitative estimate of drug-likeness (QED) is 0.934. The molecule has 5 heteroatoms. The molecule has 0 amide bonds. The normalized spacial score (nSPS) is 10.2. The van der Waals surface area contributed by atoms with Crippen LogP contribution in [0.4, 0.5) is 5.82 Å². The van der Waals surface area contributed by atoms with E-state index in [-0.39, 0.29) is 0 Å². The van der Waals surface area contributed by atoms with E-state index in [4.69, 9.17) is 4.74 Å². The Balaban J connectivity index is 2.30. The monoisotopic (exact) mass is 307 g/mol. The molecule has 94 valence electrons. The number of ether oxygens (including phenoxy) is 1. The molecular weight excluding hydrogens is 294 g/mol. The molecule has 0 aliphatic rings. The van der Waals surface area contributed by atoms with Gasteiger partial charge in [-0.3, -0.25) is 0 Å². The lowest BCUT2D eigenvalue weighted by atomic mass is 10.2. The molecule has 18 heavy (non-hydrogen) atoms. The van der Waals surface area contributed by atoms with E-state index >= 15 is 0 Å². The summed E-state index contributed by atoms with van der Waals surface area (Å²) in [5.74, 6) is 2.03. The second-order valence-corrected chi connectivity index (χ2v) is 4.53. The molecule has 1 heterocycles. The van der Waals surface area contributed by atoms with Crippen molar-refractivity contribution < 1.29 is 4.74 Å². The van der Waals surface area contributed by atoms with Gasteiger partial charge in [0.25, 0.3) is 0 Å². The fraction of sp³-hybridized carbons (Fsp3) is 0.231. The molecule has 0 unspecified atom stereocenters. The zero-order chi connectivity index (χ0) is 13.0. The van der Waals surface area contributed by atoms with Crippen molar-refractivity contribution in [2.45, 2.75) is 13.8 Å². The standard InChI is InChI=1S/C13H14BrN3O/c1-3-15-12-11(14)13(17-8-16-12)18-10-7-5-4-6-9(10)2/h4-8H,3H2,1-2H3,(H,15,16,17). The van der Waals surface area contributed by atoms with Gasteiger partial charge in [0.05, 0.1) is 0 Å². The van der Waals surface area contributed by atoms with Crippen LogP contribution in [0.25, 0.3) is 0 Å². The molecule has 0 aliphatic carbocycles. The van der Waals surface area contributed by atoms with Gasteiger partial charge in [0.15, 0.2) is 0 Å². The van der Waals surface area contributed by atoms with Crippen molar-refractivity contribution in [3.05, 3.63) is 40.6 Å². The zero-order valence-corrected chi connectivity index (χ0v) is 11.9. The van der Waals surface area contributed by atoms with Crippen LogP contribution < -0.4 is 10.1 Å². The van der Waals surface area contributed by atoms with Gasteiger partial charge in [0.1, 0.15) is 22.4 Å². The van der Waals surface area contributed by atoms with Crippen molar-refractivity contribution >= 4 is 21.7 Å². The average Bonchev–Trinajstić information content (AvgIpc) is 2.37. The van der Waals surface area contributed by atoms with E-state index in [1.54, 1.807) is 0 Å². The molecule has 0 spiro atoms. The molecule has 2 rings (SSSR count). The first-order valence-corrected chi connectivity index (χ1v) is 6.49. The van der Waals surface area contributed by atoms with Crippen molar-refractivity contribution in [3.63, 3.8) is 0 Å². The lowest BCUT2D eigenvalue weighted by Gasteiger charge is -2.11. The lowest BCUT2D eigenvalue weighted by molar-refractivity contribution is 0.455. The fourth-order valence-electron chi connectivity index (χ4n) is 1.49. The van der Waals surface area contributed by atoms with Crippen LogP contribution in [0.5, 0.6) is 11.6 Å². The molecule has 2 aromatic rings. The van der Waals surface area contributed by atoms with Gasteiger partial charge in [-0.15, -0.1) is 0 Å². The molecule has 0 atom stereocenters. The van der Waals surface area contributed by atoms with Crippen molar-refractivity contribution in [2.75, 3.05) is 11.9 Å². The summed E-state index contributed by atoms with van der Waals surface area (Å²) in [5, 5.41) is 3.14. The molecule has 1 aromatic carbocycles. The Morgan fingerprint density at radius 3 is 2.78 bits per heavy atom. The first-order valence-electron chi connectivity index (χ1n) is 5.70. The maximum atomic E-state index is 5.79. The first kappa shape index (κ1) is 12.8. The largest absolute Gasteiger partial charge is 0.437 e. The minimum atomic E-state index is 0.509. The Labute approximate surface area is 115 Å². The summed E-state index contributed by atoms with van der Waals surface area (Å²) in [7, 11) is 0. The summed E-state index contributed by atoms with van der Waals surface area (Å²) in [6, 6.07) is 7.82. The Kier molecular flexibility index (Phi) is 4.15. The predicted octanol–water partition coefficient (Wildman–Crippen LogP) is 3.77. The Morgan fingerprint density at radius 1 is 1.28 bits per heavy atom. The third-order valence-electron chi connectivity index (χ3n) is 2.40. The van der Waals surface area contributed by atoms with E-state index in [2.05, 4.69) is 31.2 Å². The first-order chi connectivity index (χ1) is 8.72. The number of anilines is 1. The Bertz CT molecular complexity index is 546. The van der Waals surface area contributed by atoms with Crippen LogP contribution in [-0.4, -0.2) is 16.5 Å². The second-order valence-electron chi connectivity index (χ2n) is 3.74. The third-order valence-corrected chi connectivity index (χ3v) is 3.12. The third kappa shape index (κ3) is 2.79. The minimum Gasteiger partial charge on any atom is -0.437 e. The highest BCUT2D eigenvalue weighted by Gasteiger charge is 2.10. The summed E-state index contributed by atoms with van der Waals surface area (Å²) in [4.78, 5) is 8.28. The van der Waals surface area contributed by atoms with Gasteiger partial charge in [-0.25, -0.2) is 9.97 Å². The molecule has 0 aliphatic heterocycles. The van der Waals surface area contributed by atoms with E-state index in [1.807, 2.05) is 38.1 Å². The zero-order valence-electron chi connectivity index (χ0n) is 10.3. The van der Waals surface area contributed by atoms with Crippen molar-refractivity contribution in [1.29, 1.82) is 0 Å². The highest BCUT2D eigenvalue weighted by Crippen LogP contribution is 2.32. The smallest absolute Gasteiger partial charge is 0.238 e. The van der Waals surface area contributed by atoms with E-state index < -0.39 is 0 Å². The molecule has 0 fully saturated rings. The van der Waals surface area contributed by atoms with Gasteiger partial charge in [0, 0.05) is 6.54 Å². The number of aryl methyl sites for hydroxylation is 1. The highest BCUT2D eigenvalue weighted by molar-refractivity contribution is 9.10. The lowest BCUT2D eigenvalue weighted by Crippen LogP contribution is -2.02. The molecule has 0 radical (unpaired) electrons. The van der Waals surface area contributed by atoms with Gasteiger partial charge in [-0.05, 0) is 41.4 Å². The summed E-state index contributed by atoms with van der Waals surface area (Å²) in [6.07, 6.45) is 1.48. The molecule has 1 N–H and O–H groups in total. The average molecular weight is 308 g/mol. The molecule has 0 bridgehead atoms. The highest BCUT2D eigenvalue weighted by atomic mass is 79.9. The number of rotatable bonds is 4. The van der Waals surface area contributed by atoms with E-state index in [9.17, 15) is 0 Å². The van der Waals surface area contributed by atoms with E-state index in [0.29, 0.717) is 5.88 Å². The Morgan fingerprint density at radius 2 is 2.06 bits per heavy atom. The van der Waals surface area contributed by atoms with Crippen LogP contribution in [0.1, 0.15) is 12.5 Å². The number of halogens is 1. The molecule has 4 nitrogen and oxygen atoms in total. The predicted molar refractivity (Wildman–Crippen MR) is 75.1 cm³/mol. The van der Waals surface area contributed by atoms with Gasteiger partial charge < -0.3 is 10.1 Å². The van der Waals surface area contributed by atoms with Crippen LogP contribution in [0.15, 0.2) is 35.1 Å². The van der Waals surface area contributed by atoms with Crippen molar-refractivity contribution in [2.24, 2.45) is 0 Å². The summed E-state index contributed by atoms with van der Waals surface area (Å²) >= 11 is 3.45. The number of nitrogens with zero attached hydrogens (tertiary/aromatic N) is 2. The molecule has 0 saturated heterocycles. The maximum Gasteiger partial charge on any atom is 0.238 e. The van der Waals surface area contributed by atoms with Crippen LogP contribution >= 0.6 is 15.9 Å². The topological polar surface area (TPSA) is 47.0 Å². The van der Waals surface area contributed by atoms with Crippen LogP contribution in [0, 0.1) is 6.92 Å². The number of hydrogen-bond donors (Lipinski definition) is 1. The Hall–Kier alpha value is -1.62. The van der Waals surface area contributed by atoms with Crippen LogP contribution in [-0.2, 0) is 0 Å². The van der Waals surface area contributed by atoms with Gasteiger partial charge in [-0.1, -0.05) is 18.2 Å². The van der Waals surface area contributed by atoms with Gasteiger partial charge in [0.2, 0.25) is 5.88 Å². The van der Waals surface area contributed by atoms with Crippen LogP contribution in [0.2, 0.25) is 0 Å². The summed E-state index contributed by atoms with van der Waals surface area (Å²) in [6.45, 7) is 4.80. The number of benzene rings is 1. The maximum absolute atomic E-state index is 5.79.